The van der Waals surface area contributed by atoms with Gasteiger partial charge in [0.05, 0.1) is 6.61 Å². The van der Waals surface area contributed by atoms with Crippen molar-refractivity contribution in [2.75, 3.05) is 6.61 Å². The predicted molar refractivity (Wildman–Crippen MR) is 132 cm³/mol. The highest BCUT2D eigenvalue weighted by Gasteiger charge is 2.19. The van der Waals surface area contributed by atoms with Gasteiger partial charge in [-0.1, -0.05) is 59.6 Å². The molecule has 0 fully saturated rings. The Morgan fingerprint density at radius 3 is 2.66 bits per heavy atom. The summed E-state index contributed by atoms with van der Waals surface area (Å²) in [4.78, 5) is 17.2. The molecule has 0 radical (unpaired) electrons. The van der Waals surface area contributed by atoms with Crippen molar-refractivity contribution in [3.63, 3.8) is 0 Å². The van der Waals surface area contributed by atoms with Gasteiger partial charge < -0.3 is 9.47 Å². The first-order valence-electron chi connectivity index (χ1n) is 9.95. The fourth-order valence-corrected chi connectivity index (χ4v) is 4.66. The summed E-state index contributed by atoms with van der Waals surface area (Å²) in [5.74, 6) is 0.278. The number of carbonyl (C=O) groups excluding carboxylic acids is 1. The third-order valence-electron chi connectivity index (χ3n) is 4.69. The first kappa shape index (κ1) is 22.3. The molecule has 0 saturated heterocycles. The molecule has 0 atom stereocenters. The van der Waals surface area contributed by atoms with E-state index in [4.69, 9.17) is 32.7 Å². The smallest absolute Gasteiger partial charge is 0.341 e. The highest BCUT2D eigenvalue weighted by Crippen LogP contribution is 2.38. The van der Waals surface area contributed by atoms with Crippen molar-refractivity contribution in [3.05, 3.63) is 93.5 Å². The van der Waals surface area contributed by atoms with Gasteiger partial charge in [-0.3, -0.25) is 0 Å². The molecule has 32 heavy (non-hydrogen) atoms. The molecule has 4 aromatic rings. The van der Waals surface area contributed by atoms with Crippen LogP contribution in [0.1, 0.15) is 28.4 Å². The number of hydrogen-bond donors (Lipinski definition) is 0. The Balaban J connectivity index is 1.62. The fourth-order valence-electron chi connectivity index (χ4n) is 3.17. The maximum absolute atomic E-state index is 12.6. The minimum absolute atomic E-state index is 0.290. The van der Waals surface area contributed by atoms with E-state index in [1.165, 1.54) is 11.3 Å². The molecule has 0 N–H and O–H groups in total. The van der Waals surface area contributed by atoms with E-state index in [0.717, 1.165) is 21.2 Å². The van der Waals surface area contributed by atoms with Gasteiger partial charge in [-0.05, 0) is 37.3 Å². The summed E-state index contributed by atoms with van der Waals surface area (Å²) in [6, 6.07) is 20.6. The lowest BCUT2D eigenvalue weighted by atomic mass is 10.1. The predicted octanol–water partition coefficient (Wildman–Crippen LogP) is 7.71. The Bertz CT molecular complexity index is 1300. The molecule has 0 spiro atoms. The van der Waals surface area contributed by atoms with Crippen LogP contribution in [0.5, 0.6) is 5.75 Å². The monoisotopic (exact) mass is 483 g/mol. The lowest BCUT2D eigenvalue weighted by Crippen LogP contribution is -2.04. The number of thiophene rings is 1. The largest absolute Gasteiger partial charge is 0.488 e. The Kier molecular flexibility index (Phi) is 7.10. The van der Waals surface area contributed by atoms with Crippen molar-refractivity contribution in [2.24, 2.45) is 4.99 Å². The van der Waals surface area contributed by atoms with Gasteiger partial charge in [0, 0.05) is 37.5 Å². The summed E-state index contributed by atoms with van der Waals surface area (Å²) >= 11 is 13.7. The molecule has 0 bridgehead atoms. The molecule has 0 aliphatic carbocycles. The van der Waals surface area contributed by atoms with Gasteiger partial charge in [-0.25, -0.2) is 9.79 Å². The lowest BCUT2D eigenvalue weighted by molar-refractivity contribution is 0.0530. The van der Waals surface area contributed by atoms with E-state index < -0.39 is 0 Å². The minimum Gasteiger partial charge on any atom is -0.488 e. The Labute approximate surface area is 200 Å². The number of aliphatic imine (C=N–C) groups is 1. The van der Waals surface area contributed by atoms with E-state index in [-0.39, 0.29) is 12.6 Å². The molecule has 0 unspecified atom stereocenters. The zero-order valence-electron chi connectivity index (χ0n) is 17.2. The molecule has 3 aromatic carbocycles. The summed E-state index contributed by atoms with van der Waals surface area (Å²) in [6.07, 6.45) is 1.70. The highest BCUT2D eigenvalue weighted by molar-refractivity contribution is 7.23. The molecule has 0 amide bonds. The second-order valence-corrected chi connectivity index (χ2v) is 8.69. The van der Waals surface area contributed by atoms with Gasteiger partial charge in [0.25, 0.3) is 0 Å². The SMILES string of the molecule is CCOC(=O)c1c(N=Cc2ccccc2OCc2ccc(Cl)cc2Cl)sc2ccccc12. The van der Waals surface area contributed by atoms with Crippen LogP contribution in [0.25, 0.3) is 10.1 Å². The summed E-state index contributed by atoms with van der Waals surface area (Å²) in [5, 5.41) is 2.56. The minimum atomic E-state index is -0.376. The molecule has 1 heterocycles. The number of hydrogen-bond acceptors (Lipinski definition) is 5. The van der Waals surface area contributed by atoms with Gasteiger partial charge in [0.15, 0.2) is 0 Å². The third kappa shape index (κ3) is 4.96. The number of ether oxygens (including phenoxy) is 2. The van der Waals surface area contributed by atoms with E-state index in [0.29, 0.717) is 33.0 Å². The molecule has 4 rings (SSSR count). The Hall–Kier alpha value is -2.86. The van der Waals surface area contributed by atoms with Crippen LogP contribution in [0.2, 0.25) is 10.0 Å². The molecule has 162 valence electrons. The van der Waals surface area contributed by atoms with Gasteiger partial charge in [0.1, 0.15) is 22.9 Å². The molecule has 4 nitrogen and oxygen atoms in total. The van der Waals surface area contributed by atoms with E-state index in [2.05, 4.69) is 4.99 Å². The van der Waals surface area contributed by atoms with Crippen LogP contribution in [-0.4, -0.2) is 18.8 Å². The number of para-hydroxylation sites is 1. The summed E-state index contributed by atoms with van der Waals surface area (Å²) < 4.78 is 12.2. The molecule has 0 saturated carbocycles. The number of carbonyl (C=O) groups is 1. The molecular formula is C25H19Cl2NO3S. The zero-order valence-corrected chi connectivity index (χ0v) is 19.5. The topological polar surface area (TPSA) is 47.9 Å². The average Bonchev–Trinajstić information content (AvgIpc) is 3.16. The Morgan fingerprint density at radius 1 is 1.06 bits per heavy atom. The second-order valence-electron chi connectivity index (χ2n) is 6.82. The molecule has 0 aliphatic rings. The van der Waals surface area contributed by atoms with Crippen LogP contribution in [0.4, 0.5) is 5.00 Å². The van der Waals surface area contributed by atoms with Crippen LogP contribution in [0.15, 0.2) is 71.7 Å². The van der Waals surface area contributed by atoms with Crippen molar-refractivity contribution in [1.29, 1.82) is 0 Å². The fraction of sp³-hybridized carbons (Fsp3) is 0.120. The number of nitrogens with zero attached hydrogens (tertiary/aromatic N) is 1. The van der Waals surface area contributed by atoms with Crippen LogP contribution >= 0.6 is 34.5 Å². The molecular weight excluding hydrogens is 465 g/mol. The summed E-state index contributed by atoms with van der Waals surface area (Å²) in [7, 11) is 0. The van der Waals surface area contributed by atoms with Crippen molar-refractivity contribution in [3.8, 4) is 5.75 Å². The van der Waals surface area contributed by atoms with Crippen LogP contribution in [0.3, 0.4) is 0 Å². The normalized spacial score (nSPS) is 11.2. The number of esters is 1. The summed E-state index contributed by atoms with van der Waals surface area (Å²) in [5.41, 5.74) is 2.09. The van der Waals surface area contributed by atoms with E-state index in [9.17, 15) is 4.79 Å². The van der Waals surface area contributed by atoms with E-state index in [1.54, 1.807) is 25.3 Å². The van der Waals surface area contributed by atoms with Gasteiger partial charge in [-0.15, -0.1) is 11.3 Å². The van der Waals surface area contributed by atoms with Gasteiger partial charge >= 0.3 is 5.97 Å². The van der Waals surface area contributed by atoms with Crippen LogP contribution < -0.4 is 4.74 Å². The number of fused-ring (bicyclic) bond motifs is 1. The first-order valence-corrected chi connectivity index (χ1v) is 11.5. The molecule has 1 aromatic heterocycles. The Morgan fingerprint density at radius 2 is 1.84 bits per heavy atom. The highest BCUT2D eigenvalue weighted by atomic mass is 35.5. The molecule has 0 aliphatic heterocycles. The number of halogens is 2. The molecule has 7 heteroatoms. The van der Waals surface area contributed by atoms with Gasteiger partial charge in [0.2, 0.25) is 0 Å². The second kappa shape index (κ2) is 10.2. The maximum atomic E-state index is 12.6. The number of benzene rings is 3. The number of rotatable bonds is 7. The van der Waals surface area contributed by atoms with E-state index in [1.807, 2.05) is 54.6 Å². The zero-order chi connectivity index (χ0) is 22.5. The van der Waals surface area contributed by atoms with Crippen molar-refractivity contribution >= 4 is 61.8 Å². The van der Waals surface area contributed by atoms with E-state index >= 15 is 0 Å². The van der Waals surface area contributed by atoms with Crippen molar-refractivity contribution in [2.45, 2.75) is 13.5 Å². The van der Waals surface area contributed by atoms with Crippen molar-refractivity contribution < 1.29 is 14.3 Å². The standard InChI is InChI=1S/C25H19Cl2NO3S/c1-2-30-25(29)23-19-8-4-6-10-22(19)32-24(23)28-14-16-7-3-5-9-21(16)31-15-17-11-12-18(26)13-20(17)27/h3-14H,2,15H2,1H3. The van der Waals surface area contributed by atoms with Crippen molar-refractivity contribution in [1.82, 2.24) is 0 Å². The quantitative estimate of drug-likeness (QED) is 0.199. The van der Waals surface area contributed by atoms with Crippen LogP contribution in [-0.2, 0) is 11.3 Å². The van der Waals surface area contributed by atoms with Gasteiger partial charge in [-0.2, -0.15) is 0 Å². The lowest BCUT2D eigenvalue weighted by Gasteiger charge is -2.10. The third-order valence-corrected chi connectivity index (χ3v) is 6.36. The maximum Gasteiger partial charge on any atom is 0.341 e. The first-order chi connectivity index (χ1) is 15.6. The average molecular weight is 484 g/mol. The van der Waals surface area contributed by atoms with Crippen LogP contribution in [0, 0.1) is 0 Å². The summed E-state index contributed by atoms with van der Waals surface area (Å²) in [6.45, 7) is 2.38.